The van der Waals surface area contributed by atoms with Gasteiger partial charge in [0, 0.05) is 0 Å². The van der Waals surface area contributed by atoms with Crippen LogP contribution in [0.3, 0.4) is 0 Å². The van der Waals surface area contributed by atoms with Crippen LogP contribution in [0.25, 0.3) is 0 Å². The van der Waals surface area contributed by atoms with Gasteiger partial charge in [0.15, 0.2) is 0 Å². The predicted octanol–water partition coefficient (Wildman–Crippen LogP) is 2.46. The van der Waals surface area contributed by atoms with Crippen LogP contribution in [-0.2, 0) is 19.6 Å². The van der Waals surface area contributed by atoms with Crippen molar-refractivity contribution in [2.75, 3.05) is 5.75 Å². The molecule has 2 atom stereocenters. The van der Waals surface area contributed by atoms with Gasteiger partial charge < -0.3 is 4.74 Å². The second-order valence-electron chi connectivity index (χ2n) is 6.19. The number of rotatable bonds is 8. The normalized spacial score (nSPS) is 15.7. The number of unbranched alkanes of at least 4 members (excludes halogenated alkanes) is 1. The zero-order valence-corrected chi connectivity index (χ0v) is 14.3. The Morgan fingerprint density at radius 1 is 1.25 bits per heavy atom. The maximum absolute atomic E-state index is 12.2. The molecular formula is C14H29NO4S. The summed E-state index contributed by atoms with van der Waals surface area (Å²) in [6.45, 7) is 11.0. The largest absolute Gasteiger partial charge is 0.459 e. The molecular weight excluding hydrogens is 278 g/mol. The van der Waals surface area contributed by atoms with Gasteiger partial charge in [0.1, 0.15) is 11.6 Å². The van der Waals surface area contributed by atoms with Gasteiger partial charge in [-0.15, -0.1) is 0 Å². The molecule has 0 saturated carbocycles. The smallest absolute Gasteiger partial charge is 0.324 e. The van der Waals surface area contributed by atoms with E-state index in [1.165, 1.54) is 0 Å². The summed E-state index contributed by atoms with van der Waals surface area (Å²) in [4.78, 5) is 12.2. The van der Waals surface area contributed by atoms with Gasteiger partial charge in [0.05, 0.1) is 5.75 Å². The average molecular weight is 307 g/mol. The van der Waals surface area contributed by atoms with Gasteiger partial charge in [0.2, 0.25) is 10.0 Å². The molecule has 0 radical (unpaired) electrons. The van der Waals surface area contributed by atoms with Gasteiger partial charge in [0.25, 0.3) is 0 Å². The standard InChI is InChI=1S/C14H29NO4S/c1-7-9-10-20(17,18)15-12(11(3)8-2)13(16)19-14(4,5)6/h11-12,15H,7-10H2,1-6H3/t11-,12-/m0/s1. The van der Waals surface area contributed by atoms with Gasteiger partial charge in [-0.3, -0.25) is 4.79 Å². The van der Waals surface area contributed by atoms with Crippen molar-refractivity contribution in [1.29, 1.82) is 0 Å². The highest BCUT2D eigenvalue weighted by atomic mass is 32.2. The van der Waals surface area contributed by atoms with Crippen molar-refractivity contribution in [1.82, 2.24) is 4.72 Å². The first kappa shape index (κ1) is 19.4. The van der Waals surface area contributed by atoms with Crippen molar-refractivity contribution in [2.45, 2.75) is 72.4 Å². The van der Waals surface area contributed by atoms with E-state index >= 15 is 0 Å². The van der Waals surface area contributed by atoms with Crippen LogP contribution in [0.2, 0.25) is 0 Å². The lowest BCUT2D eigenvalue weighted by Gasteiger charge is -2.27. The molecule has 0 fully saturated rings. The van der Waals surface area contributed by atoms with Gasteiger partial charge in [-0.25, -0.2) is 13.1 Å². The van der Waals surface area contributed by atoms with Crippen molar-refractivity contribution in [3.8, 4) is 0 Å². The fourth-order valence-corrected chi connectivity index (χ4v) is 3.09. The zero-order valence-electron chi connectivity index (χ0n) is 13.5. The van der Waals surface area contributed by atoms with E-state index in [0.29, 0.717) is 12.8 Å². The molecule has 0 aromatic rings. The third-order valence-electron chi connectivity index (χ3n) is 2.95. The van der Waals surface area contributed by atoms with E-state index in [-0.39, 0.29) is 11.7 Å². The van der Waals surface area contributed by atoms with E-state index in [1.54, 1.807) is 20.8 Å². The van der Waals surface area contributed by atoms with Gasteiger partial charge in [-0.2, -0.15) is 0 Å². The third kappa shape index (κ3) is 7.85. The molecule has 0 aliphatic carbocycles. The van der Waals surface area contributed by atoms with Crippen molar-refractivity contribution in [3.63, 3.8) is 0 Å². The van der Waals surface area contributed by atoms with Crippen LogP contribution in [0.4, 0.5) is 0 Å². The van der Waals surface area contributed by atoms with Crippen LogP contribution in [0.5, 0.6) is 0 Å². The molecule has 0 bridgehead atoms. The number of hydrogen-bond acceptors (Lipinski definition) is 4. The molecule has 1 N–H and O–H groups in total. The number of nitrogens with one attached hydrogen (secondary N) is 1. The molecule has 0 aliphatic rings. The van der Waals surface area contributed by atoms with E-state index in [4.69, 9.17) is 4.74 Å². The molecule has 6 heteroatoms. The summed E-state index contributed by atoms with van der Waals surface area (Å²) in [5, 5.41) is 0. The third-order valence-corrected chi connectivity index (χ3v) is 4.39. The van der Waals surface area contributed by atoms with Crippen LogP contribution >= 0.6 is 0 Å². The van der Waals surface area contributed by atoms with Gasteiger partial charge in [-0.1, -0.05) is 33.6 Å². The maximum Gasteiger partial charge on any atom is 0.324 e. The molecule has 0 aliphatic heterocycles. The summed E-state index contributed by atoms with van der Waals surface area (Å²) >= 11 is 0. The number of carbonyl (C=O) groups is 1. The molecule has 0 heterocycles. The number of ether oxygens (including phenoxy) is 1. The predicted molar refractivity (Wildman–Crippen MR) is 80.9 cm³/mol. The molecule has 5 nitrogen and oxygen atoms in total. The van der Waals surface area contributed by atoms with Gasteiger partial charge >= 0.3 is 5.97 Å². The summed E-state index contributed by atoms with van der Waals surface area (Å²) in [6.07, 6.45) is 2.07. The molecule has 0 aromatic carbocycles. The topological polar surface area (TPSA) is 72.5 Å². The Morgan fingerprint density at radius 3 is 2.20 bits per heavy atom. The van der Waals surface area contributed by atoms with Crippen LogP contribution in [-0.4, -0.2) is 31.8 Å². The Bertz CT molecular complexity index is 398. The molecule has 0 amide bonds. The second kappa shape index (κ2) is 7.98. The van der Waals surface area contributed by atoms with Crippen molar-refractivity contribution < 1.29 is 17.9 Å². The minimum Gasteiger partial charge on any atom is -0.459 e. The van der Waals surface area contributed by atoms with E-state index in [1.807, 2.05) is 20.8 Å². The highest BCUT2D eigenvalue weighted by Gasteiger charge is 2.32. The fraction of sp³-hybridized carbons (Fsp3) is 0.929. The van der Waals surface area contributed by atoms with Gasteiger partial charge in [-0.05, 0) is 33.1 Å². The van der Waals surface area contributed by atoms with E-state index in [0.717, 1.165) is 6.42 Å². The molecule has 120 valence electrons. The van der Waals surface area contributed by atoms with Crippen LogP contribution in [0.15, 0.2) is 0 Å². The Kier molecular flexibility index (Phi) is 7.73. The second-order valence-corrected chi connectivity index (χ2v) is 8.06. The summed E-state index contributed by atoms with van der Waals surface area (Å²) in [6, 6.07) is -0.818. The fourth-order valence-electron chi connectivity index (χ4n) is 1.58. The quantitative estimate of drug-likeness (QED) is 0.699. The minimum absolute atomic E-state index is 0.0409. The van der Waals surface area contributed by atoms with Crippen molar-refractivity contribution >= 4 is 16.0 Å². The van der Waals surface area contributed by atoms with Crippen molar-refractivity contribution in [3.05, 3.63) is 0 Å². The summed E-state index contributed by atoms with van der Waals surface area (Å²) in [5.41, 5.74) is -0.627. The SMILES string of the molecule is CCCCS(=O)(=O)N[C@H](C(=O)OC(C)(C)C)[C@@H](C)CC. The van der Waals surface area contributed by atoms with Crippen LogP contribution in [0.1, 0.15) is 60.8 Å². The van der Waals surface area contributed by atoms with E-state index in [9.17, 15) is 13.2 Å². The lowest BCUT2D eigenvalue weighted by Crippen LogP contribution is -2.48. The Hall–Kier alpha value is -0.620. The van der Waals surface area contributed by atoms with Crippen LogP contribution in [0, 0.1) is 5.92 Å². The number of sulfonamides is 1. The minimum atomic E-state index is -3.45. The number of hydrogen-bond donors (Lipinski definition) is 1. The molecule has 20 heavy (non-hydrogen) atoms. The number of esters is 1. The van der Waals surface area contributed by atoms with Crippen molar-refractivity contribution in [2.24, 2.45) is 5.92 Å². The first-order chi connectivity index (χ1) is 9.02. The lowest BCUT2D eigenvalue weighted by atomic mass is 10.00. The van der Waals surface area contributed by atoms with E-state index < -0.39 is 27.6 Å². The number of carbonyl (C=O) groups excluding carboxylic acids is 1. The average Bonchev–Trinajstić information content (AvgIpc) is 2.30. The molecule has 0 saturated heterocycles. The first-order valence-electron chi connectivity index (χ1n) is 7.25. The summed E-state index contributed by atoms with van der Waals surface area (Å²) < 4.78 is 31.7. The molecule has 0 aromatic heterocycles. The maximum atomic E-state index is 12.2. The monoisotopic (exact) mass is 307 g/mol. The first-order valence-corrected chi connectivity index (χ1v) is 8.90. The zero-order chi connectivity index (χ0) is 16.0. The Labute approximate surface area is 123 Å². The molecule has 0 spiro atoms. The Balaban J connectivity index is 4.95. The lowest BCUT2D eigenvalue weighted by molar-refractivity contribution is -0.158. The molecule has 0 rings (SSSR count). The highest BCUT2D eigenvalue weighted by molar-refractivity contribution is 7.89. The van der Waals surface area contributed by atoms with Crippen LogP contribution < -0.4 is 4.72 Å². The molecule has 0 unspecified atom stereocenters. The highest BCUT2D eigenvalue weighted by Crippen LogP contribution is 2.15. The summed E-state index contributed by atoms with van der Waals surface area (Å²) in [5.74, 6) is -0.577. The van der Waals surface area contributed by atoms with E-state index in [2.05, 4.69) is 4.72 Å². The summed E-state index contributed by atoms with van der Waals surface area (Å²) in [7, 11) is -3.45. The Morgan fingerprint density at radius 2 is 1.80 bits per heavy atom.